The van der Waals surface area contributed by atoms with Crippen molar-refractivity contribution in [1.29, 1.82) is 0 Å². The molecule has 2 amide bonds. The van der Waals surface area contributed by atoms with Crippen LogP contribution in [0.1, 0.15) is 58.9 Å². The smallest absolute Gasteiger partial charge is 0.257 e. The number of amides is 2. The molecule has 0 radical (unpaired) electrons. The highest BCUT2D eigenvalue weighted by atomic mass is 16.2. The zero-order chi connectivity index (χ0) is 21.8. The molecule has 7 heteroatoms. The van der Waals surface area contributed by atoms with Gasteiger partial charge < -0.3 is 10.3 Å². The molecule has 31 heavy (non-hydrogen) atoms. The van der Waals surface area contributed by atoms with E-state index in [0.29, 0.717) is 17.1 Å². The van der Waals surface area contributed by atoms with Gasteiger partial charge in [0.25, 0.3) is 5.91 Å². The lowest BCUT2D eigenvalue weighted by molar-refractivity contribution is 0.1000. The fourth-order valence-electron chi connectivity index (χ4n) is 4.18. The first-order valence-electron chi connectivity index (χ1n) is 11.0. The summed E-state index contributed by atoms with van der Waals surface area (Å²) >= 11 is 0. The van der Waals surface area contributed by atoms with Crippen molar-refractivity contribution in [3.05, 3.63) is 59.2 Å². The first-order chi connectivity index (χ1) is 15.0. The standard InChI is InChI=1S/C24H29N5O2/c1-2-11-29-21-14-17(16-28-12-4-3-5-13-28)9-10-20(21)26-24(29)27-23(31)19-8-6-7-18(15-19)22(25)30/h6-10,14-15H,2-5,11-13,16H2,1H3,(H2,25,30)(H,26,27,31). The first kappa shape index (κ1) is 21.1. The van der Waals surface area contributed by atoms with Gasteiger partial charge in [-0.15, -0.1) is 0 Å². The number of primary amides is 1. The third-order valence-electron chi connectivity index (χ3n) is 5.75. The molecule has 7 nitrogen and oxygen atoms in total. The summed E-state index contributed by atoms with van der Waals surface area (Å²) in [6.07, 6.45) is 4.78. The van der Waals surface area contributed by atoms with Crippen LogP contribution in [0.5, 0.6) is 0 Å². The SMILES string of the molecule is CCCn1c(NC(=O)c2cccc(C(N)=O)c2)nc2ccc(CN3CCCCC3)cc21. The zero-order valence-corrected chi connectivity index (χ0v) is 17.9. The minimum Gasteiger partial charge on any atom is -0.366 e. The van der Waals surface area contributed by atoms with Crippen molar-refractivity contribution in [2.75, 3.05) is 18.4 Å². The average molecular weight is 420 g/mol. The summed E-state index contributed by atoms with van der Waals surface area (Å²) in [5, 5.41) is 2.92. The number of anilines is 1. The van der Waals surface area contributed by atoms with Crippen LogP contribution in [-0.2, 0) is 13.1 Å². The van der Waals surface area contributed by atoms with Crippen LogP contribution < -0.4 is 11.1 Å². The van der Waals surface area contributed by atoms with Crippen LogP contribution >= 0.6 is 0 Å². The van der Waals surface area contributed by atoms with Gasteiger partial charge in [-0.25, -0.2) is 4.98 Å². The number of aromatic nitrogens is 2. The predicted octanol–water partition coefficient (Wildman–Crippen LogP) is 3.78. The van der Waals surface area contributed by atoms with Gasteiger partial charge in [0.2, 0.25) is 11.9 Å². The molecule has 0 unspecified atom stereocenters. The molecule has 3 N–H and O–H groups in total. The molecule has 3 aromatic rings. The topological polar surface area (TPSA) is 93.2 Å². The Morgan fingerprint density at radius 3 is 2.58 bits per heavy atom. The molecule has 1 fully saturated rings. The van der Waals surface area contributed by atoms with Gasteiger partial charge in [0, 0.05) is 24.2 Å². The Kier molecular flexibility index (Phi) is 6.32. The van der Waals surface area contributed by atoms with Crippen LogP contribution in [0.2, 0.25) is 0 Å². The number of nitrogens with two attached hydrogens (primary N) is 1. The Hall–Kier alpha value is -3.19. The highest BCUT2D eigenvalue weighted by molar-refractivity contribution is 6.05. The fraction of sp³-hybridized carbons (Fsp3) is 0.375. The summed E-state index contributed by atoms with van der Waals surface area (Å²) < 4.78 is 2.06. The van der Waals surface area contributed by atoms with Crippen molar-refractivity contribution in [1.82, 2.24) is 14.5 Å². The maximum absolute atomic E-state index is 12.8. The number of hydrogen-bond donors (Lipinski definition) is 2. The highest BCUT2D eigenvalue weighted by Crippen LogP contribution is 2.24. The predicted molar refractivity (Wildman–Crippen MR) is 122 cm³/mol. The molecule has 1 aliphatic rings. The monoisotopic (exact) mass is 419 g/mol. The minimum atomic E-state index is -0.561. The molecule has 0 spiro atoms. The van der Waals surface area contributed by atoms with Crippen LogP contribution in [-0.4, -0.2) is 39.4 Å². The second-order valence-corrected chi connectivity index (χ2v) is 8.15. The Morgan fingerprint density at radius 2 is 1.84 bits per heavy atom. The number of carbonyl (C=O) groups excluding carboxylic acids is 2. The summed E-state index contributed by atoms with van der Waals surface area (Å²) in [6.45, 7) is 6.09. The van der Waals surface area contributed by atoms with E-state index >= 15 is 0 Å². The summed E-state index contributed by atoms with van der Waals surface area (Å²) in [7, 11) is 0. The van der Waals surface area contributed by atoms with E-state index in [9.17, 15) is 9.59 Å². The third-order valence-corrected chi connectivity index (χ3v) is 5.75. The largest absolute Gasteiger partial charge is 0.366 e. The minimum absolute atomic E-state index is 0.303. The molecular weight excluding hydrogens is 390 g/mol. The molecule has 2 aromatic carbocycles. The zero-order valence-electron chi connectivity index (χ0n) is 17.9. The van der Waals surface area contributed by atoms with E-state index in [0.717, 1.165) is 43.6 Å². The van der Waals surface area contributed by atoms with Crippen molar-refractivity contribution >= 4 is 28.8 Å². The van der Waals surface area contributed by atoms with Crippen LogP contribution in [0.4, 0.5) is 5.95 Å². The molecule has 1 aromatic heterocycles. The summed E-state index contributed by atoms with van der Waals surface area (Å²) in [5.74, 6) is -0.361. The Balaban J connectivity index is 1.60. The molecule has 162 valence electrons. The molecule has 2 heterocycles. The number of aryl methyl sites for hydroxylation is 1. The second-order valence-electron chi connectivity index (χ2n) is 8.15. The number of carbonyl (C=O) groups is 2. The molecule has 4 rings (SSSR count). The van der Waals surface area contributed by atoms with Crippen molar-refractivity contribution in [3.8, 4) is 0 Å². The van der Waals surface area contributed by atoms with E-state index in [1.165, 1.54) is 30.9 Å². The number of hydrogen-bond acceptors (Lipinski definition) is 4. The van der Waals surface area contributed by atoms with Gasteiger partial charge in [0.15, 0.2) is 0 Å². The van der Waals surface area contributed by atoms with Gasteiger partial charge in [-0.1, -0.05) is 25.5 Å². The lowest BCUT2D eigenvalue weighted by atomic mass is 10.1. The van der Waals surface area contributed by atoms with Crippen molar-refractivity contribution in [2.45, 2.75) is 45.7 Å². The molecular formula is C24H29N5O2. The van der Waals surface area contributed by atoms with E-state index < -0.39 is 5.91 Å². The maximum Gasteiger partial charge on any atom is 0.257 e. The molecule has 0 saturated carbocycles. The van der Waals surface area contributed by atoms with Crippen LogP contribution in [0.25, 0.3) is 11.0 Å². The normalized spacial score (nSPS) is 14.6. The lowest BCUT2D eigenvalue weighted by Crippen LogP contribution is -2.29. The Bertz CT molecular complexity index is 1100. The van der Waals surface area contributed by atoms with E-state index in [2.05, 4.69) is 38.8 Å². The van der Waals surface area contributed by atoms with Crippen LogP contribution in [0.15, 0.2) is 42.5 Å². The van der Waals surface area contributed by atoms with E-state index in [4.69, 9.17) is 5.73 Å². The number of piperidine rings is 1. The van der Waals surface area contributed by atoms with Gasteiger partial charge in [0.1, 0.15) is 0 Å². The Labute approximate surface area is 182 Å². The lowest BCUT2D eigenvalue weighted by Gasteiger charge is -2.26. The average Bonchev–Trinajstić information content (AvgIpc) is 3.11. The molecule has 0 aliphatic carbocycles. The number of fused-ring (bicyclic) bond motifs is 1. The van der Waals surface area contributed by atoms with Gasteiger partial charge in [-0.05, 0) is 68.2 Å². The summed E-state index contributed by atoms with van der Waals surface area (Å²) in [6, 6.07) is 12.8. The molecule has 0 bridgehead atoms. The van der Waals surface area contributed by atoms with Crippen molar-refractivity contribution < 1.29 is 9.59 Å². The number of benzene rings is 2. The third kappa shape index (κ3) is 4.77. The second kappa shape index (κ2) is 9.31. The fourth-order valence-corrected chi connectivity index (χ4v) is 4.18. The van der Waals surface area contributed by atoms with E-state index in [1.807, 2.05) is 6.07 Å². The number of rotatable bonds is 7. The van der Waals surface area contributed by atoms with Gasteiger partial charge in [-0.2, -0.15) is 0 Å². The Morgan fingerprint density at radius 1 is 1.06 bits per heavy atom. The summed E-state index contributed by atoms with van der Waals surface area (Å²) in [5.41, 5.74) is 9.16. The summed E-state index contributed by atoms with van der Waals surface area (Å²) in [4.78, 5) is 31.4. The number of imidazole rings is 1. The van der Waals surface area contributed by atoms with Crippen LogP contribution in [0, 0.1) is 0 Å². The van der Waals surface area contributed by atoms with Crippen molar-refractivity contribution in [2.24, 2.45) is 5.73 Å². The van der Waals surface area contributed by atoms with Crippen LogP contribution in [0.3, 0.4) is 0 Å². The van der Waals surface area contributed by atoms with Crippen molar-refractivity contribution in [3.63, 3.8) is 0 Å². The van der Waals surface area contributed by atoms with E-state index in [1.54, 1.807) is 18.2 Å². The molecule has 0 atom stereocenters. The molecule has 1 aliphatic heterocycles. The first-order valence-corrected chi connectivity index (χ1v) is 11.0. The van der Waals surface area contributed by atoms with E-state index in [-0.39, 0.29) is 5.91 Å². The maximum atomic E-state index is 12.8. The molecule has 1 saturated heterocycles. The van der Waals surface area contributed by atoms with Gasteiger partial charge in [0.05, 0.1) is 11.0 Å². The number of nitrogens with one attached hydrogen (secondary N) is 1. The number of likely N-dealkylation sites (tertiary alicyclic amines) is 1. The quantitative estimate of drug-likeness (QED) is 0.609. The van der Waals surface area contributed by atoms with Gasteiger partial charge in [-0.3, -0.25) is 19.8 Å². The highest BCUT2D eigenvalue weighted by Gasteiger charge is 2.17. The number of nitrogens with zero attached hydrogens (tertiary/aromatic N) is 3. The van der Waals surface area contributed by atoms with Gasteiger partial charge >= 0.3 is 0 Å².